The second-order valence-electron chi connectivity index (χ2n) is 4.45. The predicted molar refractivity (Wildman–Crippen MR) is 79.2 cm³/mol. The van der Waals surface area contributed by atoms with Crippen molar-refractivity contribution < 1.29 is 13.7 Å². The minimum absolute atomic E-state index is 0.0212. The highest BCUT2D eigenvalue weighted by Gasteiger charge is 2.15. The van der Waals surface area contributed by atoms with Gasteiger partial charge in [-0.1, -0.05) is 22.0 Å². The number of halogens is 3. The molecule has 0 bridgehead atoms. The van der Waals surface area contributed by atoms with Gasteiger partial charge in [-0.05, 0) is 30.7 Å². The van der Waals surface area contributed by atoms with Crippen LogP contribution < -0.4 is 5.32 Å². The number of hydrogen-bond acceptors (Lipinski definition) is 3. The summed E-state index contributed by atoms with van der Waals surface area (Å²) in [5, 5.41) is 13.6. The van der Waals surface area contributed by atoms with Gasteiger partial charge in [-0.2, -0.15) is 0 Å². The Kier molecular flexibility index (Phi) is 4.52. The molecule has 7 heteroatoms. The van der Waals surface area contributed by atoms with E-state index in [9.17, 15) is 18.9 Å². The number of rotatable bonds is 4. The molecule has 0 spiro atoms. The Morgan fingerprint density at radius 3 is 2.57 bits per heavy atom. The summed E-state index contributed by atoms with van der Waals surface area (Å²) in [5.74, 6) is -0.981. The Morgan fingerprint density at radius 2 is 1.95 bits per heavy atom. The van der Waals surface area contributed by atoms with Crippen molar-refractivity contribution in [2.24, 2.45) is 0 Å². The van der Waals surface area contributed by atoms with Crippen molar-refractivity contribution in [1.82, 2.24) is 0 Å². The molecule has 1 atom stereocenters. The van der Waals surface area contributed by atoms with Gasteiger partial charge in [-0.15, -0.1) is 0 Å². The predicted octanol–water partition coefficient (Wildman–Crippen LogP) is 4.81. The van der Waals surface area contributed by atoms with Crippen molar-refractivity contribution >= 4 is 27.3 Å². The van der Waals surface area contributed by atoms with Gasteiger partial charge in [0.25, 0.3) is 5.69 Å². The maximum absolute atomic E-state index is 13.7. The summed E-state index contributed by atoms with van der Waals surface area (Å²) in [4.78, 5) is 10.1. The van der Waals surface area contributed by atoms with Crippen LogP contribution in [0.1, 0.15) is 18.5 Å². The third kappa shape index (κ3) is 3.55. The van der Waals surface area contributed by atoms with Crippen LogP contribution in [0.4, 0.5) is 20.2 Å². The van der Waals surface area contributed by atoms with E-state index in [1.54, 1.807) is 13.0 Å². The average molecular weight is 357 g/mol. The molecule has 4 nitrogen and oxygen atoms in total. The normalized spacial score (nSPS) is 12.0. The number of non-ortho nitro benzene ring substituents is 1. The van der Waals surface area contributed by atoms with Crippen LogP contribution in [0.5, 0.6) is 0 Å². The lowest BCUT2D eigenvalue weighted by molar-refractivity contribution is -0.384. The molecule has 21 heavy (non-hydrogen) atoms. The first-order valence-electron chi connectivity index (χ1n) is 6.04. The first-order chi connectivity index (χ1) is 9.88. The highest BCUT2D eigenvalue weighted by Crippen LogP contribution is 2.29. The topological polar surface area (TPSA) is 55.2 Å². The molecule has 1 N–H and O–H groups in total. The Balaban J connectivity index is 2.28. The molecule has 110 valence electrons. The fourth-order valence-corrected chi connectivity index (χ4v) is 2.60. The molecule has 0 aliphatic rings. The Labute approximate surface area is 128 Å². The highest BCUT2D eigenvalue weighted by molar-refractivity contribution is 9.10. The fourth-order valence-electron chi connectivity index (χ4n) is 1.90. The summed E-state index contributed by atoms with van der Waals surface area (Å²) in [6, 6.07) is 7.05. The third-order valence-electron chi connectivity index (χ3n) is 2.96. The number of hydrogen-bond donors (Lipinski definition) is 1. The molecule has 2 rings (SSSR count). The Bertz CT molecular complexity index is 695. The maximum atomic E-state index is 13.7. The summed E-state index contributed by atoms with van der Waals surface area (Å²) in [6.07, 6.45) is 0. The lowest BCUT2D eigenvalue weighted by atomic mass is 10.1. The van der Waals surface area contributed by atoms with Gasteiger partial charge in [0.05, 0.1) is 10.6 Å². The summed E-state index contributed by atoms with van der Waals surface area (Å²) in [7, 11) is 0. The van der Waals surface area contributed by atoms with Crippen LogP contribution in [-0.2, 0) is 0 Å². The lowest BCUT2D eigenvalue weighted by Crippen LogP contribution is -2.09. The number of nitrogens with zero attached hydrogens (tertiary/aromatic N) is 1. The van der Waals surface area contributed by atoms with E-state index in [0.717, 1.165) is 18.2 Å². The third-order valence-corrected chi connectivity index (χ3v) is 3.65. The number of nitrogens with one attached hydrogen (secondary N) is 1. The highest BCUT2D eigenvalue weighted by atomic mass is 79.9. The number of benzene rings is 2. The van der Waals surface area contributed by atoms with Crippen LogP contribution in [0.2, 0.25) is 0 Å². The monoisotopic (exact) mass is 356 g/mol. The lowest BCUT2D eigenvalue weighted by Gasteiger charge is -2.17. The SMILES string of the molecule is CC(Nc1cc([N+](=O)[O-])ccc1F)c1ccc(F)cc1Br. The van der Waals surface area contributed by atoms with Crippen LogP contribution in [0.15, 0.2) is 40.9 Å². The number of nitro benzene ring substituents is 1. The fraction of sp³-hybridized carbons (Fsp3) is 0.143. The molecule has 0 radical (unpaired) electrons. The molecule has 0 aromatic heterocycles. The van der Waals surface area contributed by atoms with E-state index in [0.29, 0.717) is 10.0 Å². The van der Waals surface area contributed by atoms with E-state index in [2.05, 4.69) is 21.2 Å². The second kappa shape index (κ2) is 6.17. The van der Waals surface area contributed by atoms with Gasteiger partial charge in [-0.25, -0.2) is 8.78 Å². The minimum Gasteiger partial charge on any atom is -0.376 e. The molecule has 0 fully saturated rings. The summed E-state index contributed by atoms with van der Waals surface area (Å²) in [5.41, 5.74) is 0.527. The summed E-state index contributed by atoms with van der Waals surface area (Å²) < 4.78 is 27.3. The van der Waals surface area contributed by atoms with Crippen LogP contribution in [-0.4, -0.2) is 4.92 Å². The average Bonchev–Trinajstić information content (AvgIpc) is 2.40. The Hall–Kier alpha value is -2.02. The number of anilines is 1. The molecule has 2 aromatic rings. The molecule has 0 aliphatic carbocycles. The van der Waals surface area contributed by atoms with Crippen molar-refractivity contribution in [2.45, 2.75) is 13.0 Å². The molecule has 2 aromatic carbocycles. The molecular formula is C14H11BrF2N2O2. The van der Waals surface area contributed by atoms with Gasteiger partial charge in [0.15, 0.2) is 0 Å². The van der Waals surface area contributed by atoms with Gasteiger partial charge in [0, 0.05) is 22.6 Å². The standard InChI is InChI=1S/C14H11BrF2N2O2/c1-8(11-4-2-9(16)6-12(11)15)18-14-7-10(19(20)21)3-5-13(14)17/h2-8,18H,1H3. The maximum Gasteiger partial charge on any atom is 0.271 e. The molecular weight excluding hydrogens is 346 g/mol. The summed E-state index contributed by atoms with van der Waals surface area (Å²) >= 11 is 3.24. The minimum atomic E-state index is -0.594. The van der Waals surface area contributed by atoms with E-state index in [1.165, 1.54) is 12.1 Å². The van der Waals surface area contributed by atoms with Crippen LogP contribution in [0.25, 0.3) is 0 Å². The molecule has 0 heterocycles. The van der Waals surface area contributed by atoms with Crippen LogP contribution in [0, 0.1) is 21.7 Å². The summed E-state index contributed by atoms with van der Waals surface area (Å²) in [6.45, 7) is 1.75. The first kappa shape index (κ1) is 15.4. The van der Waals surface area contributed by atoms with E-state index in [1.807, 2.05) is 0 Å². The molecule has 1 unspecified atom stereocenters. The second-order valence-corrected chi connectivity index (χ2v) is 5.31. The van der Waals surface area contributed by atoms with E-state index < -0.39 is 10.7 Å². The van der Waals surface area contributed by atoms with Gasteiger partial charge >= 0.3 is 0 Å². The van der Waals surface area contributed by atoms with Crippen molar-refractivity contribution in [3.05, 3.63) is 68.2 Å². The molecule has 0 saturated heterocycles. The smallest absolute Gasteiger partial charge is 0.271 e. The van der Waals surface area contributed by atoms with E-state index >= 15 is 0 Å². The zero-order valence-corrected chi connectivity index (χ0v) is 12.5. The van der Waals surface area contributed by atoms with Gasteiger partial charge in [0.2, 0.25) is 0 Å². The first-order valence-corrected chi connectivity index (χ1v) is 6.83. The largest absolute Gasteiger partial charge is 0.376 e. The van der Waals surface area contributed by atoms with Crippen molar-refractivity contribution in [2.75, 3.05) is 5.32 Å². The zero-order chi connectivity index (χ0) is 15.6. The van der Waals surface area contributed by atoms with Crippen molar-refractivity contribution in [3.8, 4) is 0 Å². The van der Waals surface area contributed by atoms with Crippen molar-refractivity contribution in [3.63, 3.8) is 0 Å². The van der Waals surface area contributed by atoms with E-state index in [4.69, 9.17) is 0 Å². The van der Waals surface area contributed by atoms with E-state index in [-0.39, 0.29) is 23.2 Å². The Morgan fingerprint density at radius 1 is 1.24 bits per heavy atom. The molecule has 0 aliphatic heterocycles. The van der Waals surface area contributed by atoms with Crippen LogP contribution >= 0.6 is 15.9 Å². The van der Waals surface area contributed by atoms with Crippen molar-refractivity contribution in [1.29, 1.82) is 0 Å². The van der Waals surface area contributed by atoms with Crippen LogP contribution in [0.3, 0.4) is 0 Å². The molecule has 0 saturated carbocycles. The zero-order valence-electron chi connectivity index (χ0n) is 10.9. The van der Waals surface area contributed by atoms with Gasteiger partial charge < -0.3 is 5.32 Å². The van der Waals surface area contributed by atoms with Gasteiger partial charge in [-0.3, -0.25) is 10.1 Å². The number of nitro groups is 1. The quantitative estimate of drug-likeness (QED) is 0.631. The molecule has 0 amide bonds. The van der Waals surface area contributed by atoms with Gasteiger partial charge in [0.1, 0.15) is 11.6 Å².